The first kappa shape index (κ1) is 11.9. The monoisotopic (exact) mass is 230 g/mol. The Kier molecular flexibility index (Phi) is 3.94. The SMILES string of the molecule is CCNCc1cnc(OCC)c2ccccc12. The van der Waals surface area contributed by atoms with Gasteiger partial charge in [-0.1, -0.05) is 25.1 Å². The van der Waals surface area contributed by atoms with Crippen molar-refractivity contribution < 1.29 is 4.74 Å². The average molecular weight is 230 g/mol. The van der Waals surface area contributed by atoms with E-state index in [1.165, 1.54) is 10.9 Å². The zero-order valence-corrected chi connectivity index (χ0v) is 10.4. The second kappa shape index (κ2) is 5.64. The van der Waals surface area contributed by atoms with Crippen molar-refractivity contribution in [1.29, 1.82) is 0 Å². The molecule has 0 bridgehead atoms. The minimum atomic E-state index is 0.642. The molecule has 3 heteroatoms. The molecule has 0 spiro atoms. The van der Waals surface area contributed by atoms with E-state index in [0.717, 1.165) is 24.4 Å². The number of fused-ring (bicyclic) bond motifs is 1. The van der Waals surface area contributed by atoms with Gasteiger partial charge in [0, 0.05) is 18.1 Å². The third-order valence-corrected chi connectivity index (χ3v) is 2.69. The van der Waals surface area contributed by atoms with Gasteiger partial charge in [-0.3, -0.25) is 0 Å². The summed E-state index contributed by atoms with van der Waals surface area (Å²) in [4.78, 5) is 4.39. The van der Waals surface area contributed by atoms with E-state index in [0.29, 0.717) is 6.61 Å². The minimum Gasteiger partial charge on any atom is -0.478 e. The van der Waals surface area contributed by atoms with E-state index < -0.39 is 0 Å². The normalized spacial score (nSPS) is 10.7. The maximum Gasteiger partial charge on any atom is 0.221 e. The fourth-order valence-corrected chi connectivity index (χ4v) is 1.88. The van der Waals surface area contributed by atoms with Crippen molar-refractivity contribution in [2.75, 3.05) is 13.2 Å². The van der Waals surface area contributed by atoms with Crippen LogP contribution in [0.4, 0.5) is 0 Å². The number of benzene rings is 1. The van der Waals surface area contributed by atoms with Crippen LogP contribution in [0, 0.1) is 0 Å². The molecule has 0 aliphatic carbocycles. The van der Waals surface area contributed by atoms with E-state index in [1.54, 1.807) is 0 Å². The van der Waals surface area contributed by atoms with Gasteiger partial charge in [0.15, 0.2) is 0 Å². The second-order valence-corrected chi connectivity index (χ2v) is 3.85. The Hall–Kier alpha value is -1.61. The second-order valence-electron chi connectivity index (χ2n) is 3.85. The van der Waals surface area contributed by atoms with Gasteiger partial charge in [-0.05, 0) is 30.5 Å². The predicted molar refractivity (Wildman–Crippen MR) is 70.3 cm³/mol. The summed E-state index contributed by atoms with van der Waals surface area (Å²) in [7, 11) is 0. The van der Waals surface area contributed by atoms with Crippen LogP contribution in [0.15, 0.2) is 30.5 Å². The van der Waals surface area contributed by atoms with Crippen LogP contribution in [-0.4, -0.2) is 18.1 Å². The number of hydrogen-bond donors (Lipinski definition) is 1. The smallest absolute Gasteiger partial charge is 0.221 e. The maximum atomic E-state index is 5.55. The number of nitrogens with zero attached hydrogens (tertiary/aromatic N) is 1. The fourth-order valence-electron chi connectivity index (χ4n) is 1.88. The first-order valence-corrected chi connectivity index (χ1v) is 6.07. The van der Waals surface area contributed by atoms with Crippen LogP contribution in [0.3, 0.4) is 0 Å². The number of aromatic nitrogens is 1. The summed E-state index contributed by atoms with van der Waals surface area (Å²) in [5.41, 5.74) is 1.21. The highest BCUT2D eigenvalue weighted by molar-refractivity contribution is 5.89. The lowest BCUT2D eigenvalue weighted by Gasteiger charge is -2.10. The van der Waals surface area contributed by atoms with E-state index in [4.69, 9.17) is 4.74 Å². The van der Waals surface area contributed by atoms with Gasteiger partial charge < -0.3 is 10.1 Å². The molecular weight excluding hydrogens is 212 g/mol. The first-order chi connectivity index (χ1) is 8.36. The van der Waals surface area contributed by atoms with Crippen LogP contribution in [-0.2, 0) is 6.54 Å². The van der Waals surface area contributed by atoms with Gasteiger partial charge >= 0.3 is 0 Å². The largest absolute Gasteiger partial charge is 0.478 e. The molecule has 1 N–H and O–H groups in total. The molecule has 1 aromatic heterocycles. The number of nitrogens with one attached hydrogen (secondary N) is 1. The summed E-state index contributed by atoms with van der Waals surface area (Å²) < 4.78 is 5.55. The summed E-state index contributed by atoms with van der Waals surface area (Å²) >= 11 is 0. The van der Waals surface area contributed by atoms with E-state index in [9.17, 15) is 0 Å². The Labute approximate surface area is 102 Å². The number of rotatable bonds is 5. The molecule has 0 aliphatic heterocycles. The fraction of sp³-hybridized carbons (Fsp3) is 0.357. The highest BCUT2D eigenvalue weighted by Gasteiger charge is 2.06. The molecule has 1 heterocycles. The van der Waals surface area contributed by atoms with Gasteiger partial charge in [0.1, 0.15) is 0 Å². The van der Waals surface area contributed by atoms with Crippen molar-refractivity contribution in [3.8, 4) is 5.88 Å². The lowest BCUT2D eigenvalue weighted by molar-refractivity contribution is 0.331. The van der Waals surface area contributed by atoms with Crippen molar-refractivity contribution in [2.24, 2.45) is 0 Å². The van der Waals surface area contributed by atoms with Gasteiger partial charge in [0.2, 0.25) is 5.88 Å². The standard InChI is InChI=1S/C14H18N2O/c1-3-15-9-11-10-16-14(17-4-2)13-8-6-5-7-12(11)13/h5-8,10,15H,3-4,9H2,1-2H3. The summed E-state index contributed by atoms with van der Waals surface area (Å²) in [5, 5.41) is 5.63. The van der Waals surface area contributed by atoms with Gasteiger partial charge in [0.05, 0.1) is 6.61 Å². The highest BCUT2D eigenvalue weighted by atomic mass is 16.5. The highest BCUT2D eigenvalue weighted by Crippen LogP contribution is 2.25. The molecule has 2 aromatic rings. The van der Waals surface area contributed by atoms with E-state index in [1.807, 2.05) is 25.3 Å². The molecular formula is C14H18N2O. The molecule has 17 heavy (non-hydrogen) atoms. The summed E-state index contributed by atoms with van der Waals surface area (Å²) in [5.74, 6) is 0.725. The lowest BCUT2D eigenvalue weighted by Crippen LogP contribution is -2.12. The summed E-state index contributed by atoms with van der Waals surface area (Å²) in [6, 6.07) is 8.24. The van der Waals surface area contributed by atoms with Gasteiger partial charge in [0.25, 0.3) is 0 Å². The lowest BCUT2D eigenvalue weighted by atomic mass is 10.1. The molecule has 0 unspecified atom stereocenters. The molecule has 0 aliphatic rings. The zero-order valence-electron chi connectivity index (χ0n) is 10.4. The predicted octanol–water partition coefficient (Wildman–Crippen LogP) is 2.74. The Bertz CT molecular complexity index is 497. The molecule has 3 nitrogen and oxygen atoms in total. The number of hydrogen-bond acceptors (Lipinski definition) is 3. The molecule has 0 radical (unpaired) electrons. The summed E-state index contributed by atoms with van der Waals surface area (Å²) in [6.45, 7) is 6.52. The van der Waals surface area contributed by atoms with Gasteiger partial charge in [-0.25, -0.2) is 4.98 Å². The molecule has 0 saturated carbocycles. The maximum absolute atomic E-state index is 5.55. The van der Waals surface area contributed by atoms with Crippen molar-refractivity contribution in [3.63, 3.8) is 0 Å². The molecule has 0 amide bonds. The molecule has 90 valence electrons. The van der Waals surface area contributed by atoms with Gasteiger partial charge in [-0.2, -0.15) is 0 Å². The molecule has 1 aromatic carbocycles. The van der Waals surface area contributed by atoms with Crippen LogP contribution in [0.1, 0.15) is 19.4 Å². The topological polar surface area (TPSA) is 34.2 Å². The van der Waals surface area contributed by atoms with Crippen LogP contribution in [0.5, 0.6) is 5.88 Å². The first-order valence-electron chi connectivity index (χ1n) is 6.07. The third kappa shape index (κ3) is 2.56. The molecule has 0 fully saturated rings. The Morgan fingerprint density at radius 2 is 1.94 bits per heavy atom. The zero-order chi connectivity index (χ0) is 12.1. The Morgan fingerprint density at radius 3 is 2.65 bits per heavy atom. The molecule has 0 atom stereocenters. The van der Waals surface area contributed by atoms with E-state index in [2.05, 4.69) is 29.4 Å². The van der Waals surface area contributed by atoms with E-state index >= 15 is 0 Å². The molecule has 2 rings (SSSR count). The Morgan fingerprint density at radius 1 is 1.18 bits per heavy atom. The number of pyridine rings is 1. The summed E-state index contributed by atoms with van der Waals surface area (Å²) in [6.07, 6.45) is 1.90. The van der Waals surface area contributed by atoms with Crippen LogP contribution in [0.25, 0.3) is 10.8 Å². The quantitative estimate of drug-likeness (QED) is 0.857. The van der Waals surface area contributed by atoms with E-state index in [-0.39, 0.29) is 0 Å². The minimum absolute atomic E-state index is 0.642. The van der Waals surface area contributed by atoms with Crippen molar-refractivity contribution in [3.05, 3.63) is 36.0 Å². The third-order valence-electron chi connectivity index (χ3n) is 2.69. The van der Waals surface area contributed by atoms with Crippen molar-refractivity contribution in [2.45, 2.75) is 20.4 Å². The Balaban J connectivity index is 2.46. The molecule has 0 saturated heterocycles. The van der Waals surface area contributed by atoms with Crippen LogP contribution >= 0.6 is 0 Å². The van der Waals surface area contributed by atoms with Crippen LogP contribution < -0.4 is 10.1 Å². The van der Waals surface area contributed by atoms with Crippen molar-refractivity contribution >= 4 is 10.8 Å². The number of ether oxygens (including phenoxy) is 1. The van der Waals surface area contributed by atoms with Crippen LogP contribution in [0.2, 0.25) is 0 Å². The average Bonchev–Trinajstić information content (AvgIpc) is 2.38. The van der Waals surface area contributed by atoms with Crippen molar-refractivity contribution in [1.82, 2.24) is 10.3 Å². The van der Waals surface area contributed by atoms with Gasteiger partial charge in [-0.15, -0.1) is 0 Å².